The molecular formula is C20H26N2O5S2. The highest BCUT2D eigenvalue weighted by Gasteiger charge is 2.31. The second-order valence-corrected chi connectivity index (χ2v) is 9.95. The molecule has 1 aromatic heterocycles. The Kier molecular flexibility index (Phi) is 6.81. The highest BCUT2D eigenvalue weighted by molar-refractivity contribution is 7.88. The zero-order valence-electron chi connectivity index (χ0n) is 16.8. The van der Waals surface area contributed by atoms with E-state index >= 15 is 0 Å². The summed E-state index contributed by atoms with van der Waals surface area (Å²) in [5.41, 5.74) is 1.03. The van der Waals surface area contributed by atoms with Crippen molar-refractivity contribution in [1.29, 1.82) is 0 Å². The summed E-state index contributed by atoms with van der Waals surface area (Å²) >= 11 is 1.42. The van der Waals surface area contributed by atoms with Crippen LogP contribution in [0.1, 0.15) is 39.0 Å². The molecule has 0 bridgehead atoms. The fraction of sp³-hybridized carbons (Fsp3) is 0.450. The third-order valence-corrected chi connectivity index (χ3v) is 6.78. The Hall–Kier alpha value is -2.10. The molecule has 0 saturated carbocycles. The predicted octanol–water partition coefficient (Wildman–Crippen LogP) is 2.83. The number of hydrogen-bond donors (Lipinski definition) is 1. The SMILES string of the molecule is COc1ccc([C@@H]2CCCN2C(=O)c2ccc(CCNS(C)(=O)=O)s2)cc1OC. The lowest BCUT2D eigenvalue weighted by Crippen LogP contribution is -2.30. The zero-order valence-corrected chi connectivity index (χ0v) is 18.4. The minimum absolute atomic E-state index is 0.000225. The number of likely N-dealkylation sites (tertiary alicyclic amines) is 1. The number of thiophene rings is 1. The van der Waals surface area contributed by atoms with Crippen molar-refractivity contribution in [2.24, 2.45) is 0 Å². The number of hydrogen-bond acceptors (Lipinski definition) is 6. The number of amides is 1. The lowest BCUT2D eigenvalue weighted by atomic mass is 10.0. The molecular weight excluding hydrogens is 412 g/mol. The summed E-state index contributed by atoms with van der Waals surface area (Å²) in [6.07, 6.45) is 3.54. The Morgan fingerprint density at radius 2 is 1.97 bits per heavy atom. The van der Waals surface area contributed by atoms with Crippen molar-refractivity contribution >= 4 is 27.3 Å². The number of carbonyl (C=O) groups is 1. The van der Waals surface area contributed by atoms with Crippen molar-refractivity contribution in [2.45, 2.75) is 25.3 Å². The van der Waals surface area contributed by atoms with Crippen molar-refractivity contribution < 1.29 is 22.7 Å². The third-order valence-electron chi connectivity index (χ3n) is 4.91. The number of ether oxygens (including phenoxy) is 2. The van der Waals surface area contributed by atoms with E-state index in [-0.39, 0.29) is 11.9 Å². The average molecular weight is 439 g/mol. The summed E-state index contributed by atoms with van der Waals surface area (Å²) in [7, 11) is -0.00322. The Bertz CT molecular complexity index is 971. The molecule has 1 amide bonds. The van der Waals surface area contributed by atoms with Crippen molar-refractivity contribution in [2.75, 3.05) is 33.6 Å². The lowest BCUT2D eigenvalue weighted by Gasteiger charge is -2.25. The van der Waals surface area contributed by atoms with Gasteiger partial charge >= 0.3 is 0 Å². The maximum Gasteiger partial charge on any atom is 0.264 e. The van der Waals surface area contributed by atoms with E-state index in [2.05, 4.69) is 4.72 Å². The molecule has 29 heavy (non-hydrogen) atoms. The number of benzene rings is 1. The van der Waals surface area contributed by atoms with Crippen LogP contribution in [0.2, 0.25) is 0 Å². The molecule has 1 fully saturated rings. The molecule has 1 atom stereocenters. The van der Waals surface area contributed by atoms with Gasteiger partial charge in [0.2, 0.25) is 10.0 Å². The molecule has 9 heteroatoms. The van der Waals surface area contributed by atoms with Gasteiger partial charge in [-0.2, -0.15) is 0 Å². The van der Waals surface area contributed by atoms with Gasteiger partial charge in [-0.25, -0.2) is 13.1 Å². The van der Waals surface area contributed by atoms with Crippen LogP contribution in [0, 0.1) is 0 Å². The van der Waals surface area contributed by atoms with E-state index in [1.54, 1.807) is 14.2 Å². The predicted molar refractivity (Wildman–Crippen MR) is 113 cm³/mol. The van der Waals surface area contributed by atoms with Gasteiger partial charge < -0.3 is 14.4 Å². The summed E-state index contributed by atoms with van der Waals surface area (Å²) in [4.78, 5) is 16.7. The molecule has 1 saturated heterocycles. The van der Waals surface area contributed by atoms with E-state index in [0.29, 0.717) is 35.9 Å². The first-order valence-corrected chi connectivity index (χ1v) is 12.1. The number of rotatable bonds is 8. The van der Waals surface area contributed by atoms with Crippen LogP contribution in [-0.2, 0) is 16.4 Å². The maximum atomic E-state index is 13.1. The molecule has 1 aromatic carbocycles. The Labute approximate surface area is 175 Å². The first-order valence-electron chi connectivity index (χ1n) is 9.38. The van der Waals surface area contributed by atoms with Crippen LogP contribution >= 0.6 is 11.3 Å². The molecule has 2 heterocycles. The standard InChI is InChI=1S/C20H26N2O5S2/c1-26-17-8-6-14(13-18(17)27-2)16-5-4-12-22(16)20(23)19-9-7-15(28-19)10-11-21-29(3,24)25/h6-9,13,16,21H,4-5,10-12H2,1-3H3/t16-/m0/s1. The van der Waals surface area contributed by atoms with Crippen LogP contribution in [0.15, 0.2) is 30.3 Å². The van der Waals surface area contributed by atoms with Crippen LogP contribution in [0.25, 0.3) is 0 Å². The summed E-state index contributed by atoms with van der Waals surface area (Å²) in [5, 5.41) is 0. The summed E-state index contributed by atoms with van der Waals surface area (Å²) < 4.78 is 35.5. The molecule has 1 aliphatic rings. The van der Waals surface area contributed by atoms with Gasteiger partial charge in [-0.1, -0.05) is 6.07 Å². The van der Waals surface area contributed by atoms with E-state index < -0.39 is 10.0 Å². The van der Waals surface area contributed by atoms with E-state index in [4.69, 9.17) is 9.47 Å². The van der Waals surface area contributed by atoms with E-state index in [9.17, 15) is 13.2 Å². The van der Waals surface area contributed by atoms with Gasteiger partial charge in [0.15, 0.2) is 11.5 Å². The van der Waals surface area contributed by atoms with Crippen molar-refractivity contribution in [1.82, 2.24) is 9.62 Å². The molecule has 7 nitrogen and oxygen atoms in total. The van der Waals surface area contributed by atoms with Gasteiger partial charge in [0, 0.05) is 18.0 Å². The highest BCUT2D eigenvalue weighted by atomic mass is 32.2. The number of methoxy groups -OCH3 is 2. The smallest absolute Gasteiger partial charge is 0.264 e. The quantitative estimate of drug-likeness (QED) is 0.685. The molecule has 0 aliphatic carbocycles. The molecule has 158 valence electrons. The average Bonchev–Trinajstić information content (AvgIpc) is 3.35. The van der Waals surface area contributed by atoms with E-state index in [1.807, 2.05) is 35.2 Å². The molecule has 2 aromatic rings. The number of carbonyl (C=O) groups excluding carboxylic acids is 1. The topological polar surface area (TPSA) is 84.9 Å². The first kappa shape index (κ1) is 21.6. The maximum absolute atomic E-state index is 13.1. The molecule has 1 aliphatic heterocycles. The largest absolute Gasteiger partial charge is 0.493 e. The van der Waals surface area contributed by atoms with E-state index in [1.165, 1.54) is 11.3 Å². The molecule has 1 N–H and O–H groups in total. The van der Waals surface area contributed by atoms with Crippen molar-refractivity contribution in [3.05, 3.63) is 45.6 Å². The number of nitrogens with zero attached hydrogens (tertiary/aromatic N) is 1. The highest BCUT2D eigenvalue weighted by Crippen LogP contribution is 2.38. The third kappa shape index (κ3) is 5.29. The van der Waals surface area contributed by atoms with Gasteiger partial charge in [0.1, 0.15) is 0 Å². The normalized spacial score (nSPS) is 16.8. The van der Waals surface area contributed by atoms with Crippen LogP contribution in [-0.4, -0.2) is 52.8 Å². The van der Waals surface area contributed by atoms with Crippen molar-refractivity contribution in [3.8, 4) is 11.5 Å². The van der Waals surface area contributed by atoms with Crippen LogP contribution < -0.4 is 14.2 Å². The summed E-state index contributed by atoms with van der Waals surface area (Å²) in [6.45, 7) is 1.03. The first-order chi connectivity index (χ1) is 13.8. The lowest BCUT2D eigenvalue weighted by molar-refractivity contribution is 0.0740. The van der Waals surface area contributed by atoms with Crippen LogP contribution in [0.4, 0.5) is 0 Å². The Morgan fingerprint density at radius 3 is 2.66 bits per heavy atom. The number of sulfonamides is 1. The Morgan fingerprint density at radius 1 is 1.21 bits per heavy atom. The van der Waals surface area contributed by atoms with Gasteiger partial charge in [-0.05, 0) is 49.1 Å². The summed E-state index contributed by atoms with van der Waals surface area (Å²) in [5.74, 6) is 1.33. The molecule has 0 radical (unpaired) electrons. The van der Waals surface area contributed by atoms with Crippen LogP contribution in [0.3, 0.4) is 0 Å². The minimum atomic E-state index is -3.21. The van der Waals surface area contributed by atoms with Crippen molar-refractivity contribution in [3.63, 3.8) is 0 Å². The second kappa shape index (κ2) is 9.15. The van der Waals surface area contributed by atoms with Crippen LogP contribution in [0.5, 0.6) is 11.5 Å². The van der Waals surface area contributed by atoms with Gasteiger partial charge in [-0.15, -0.1) is 11.3 Å². The van der Waals surface area contributed by atoms with E-state index in [0.717, 1.165) is 29.5 Å². The minimum Gasteiger partial charge on any atom is -0.493 e. The summed E-state index contributed by atoms with van der Waals surface area (Å²) in [6, 6.07) is 9.50. The Balaban J connectivity index is 1.72. The fourth-order valence-corrected chi connectivity index (χ4v) is 4.98. The van der Waals surface area contributed by atoms with Gasteiger partial charge in [-0.3, -0.25) is 4.79 Å². The zero-order chi connectivity index (χ0) is 21.0. The fourth-order valence-electron chi connectivity index (χ4n) is 3.54. The molecule has 0 unspecified atom stereocenters. The van der Waals surface area contributed by atoms with Gasteiger partial charge in [0.05, 0.1) is 31.4 Å². The molecule has 3 rings (SSSR count). The monoisotopic (exact) mass is 438 g/mol. The van der Waals surface area contributed by atoms with Gasteiger partial charge in [0.25, 0.3) is 5.91 Å². The number of nitrogens with one attached hydrogen (secondary N) is 1. The second-order valence-electron chi connectivity index (χ2n) is 6.95. The molecule has 0 spiro atoms.